The molecule has 25 heavy (non-hydrogen) atoms. The summed E-state index contributed by atoms with van der Waals surface area (Å²) in [5, 5.41) is 6.76. The van der Waals surface area contributed by atoms with Crippen LogP contribution >= 0.6 is 0 Å². The van der Waals surface area contributed by atoms with Crippen molar-refractivity contribution in [3.63, 3.8) is 0 Å². The number of ether oxygens (including phenoxy) is 1. The van der Waals surface area contributed by atoms with Gasteiger partial charge in [-0.05, 0) is 39.5 Å². The number of unbranched alkanes of at least 4 members (excludes halogenated alkanes) is 4. The molecule has 1 unspecified atom stereocenters. The number of alkyl carbamates (subject to hydrolysis) is 1. The highest BCUT2D eigenvalue weighted by atomic mass is 16.6. The Hall–Kier alpha value is -0.770. The van der Waals surface area contributed by atoms with Crippen LogP contribution in [-0.2, 0) is 4.74 Å². The predicted molar refractivity (Wildman–Crippen MR) is 108 cm³/mol. The minimum Gasteiger partial charge on any atom is -0.444 e. The lowest BCUT2D eigenvalue weighted by atomic mass is 9.97. The number of amides is 1. The Bertz CT molecular complexity index is 327. The van der Waals surface area contributed by atoms with Crippen LogP contribution in [0.15, 0.2) is 0 Å². The average Bonchev–Trinajstić information content (AvgIpc) is 2.49. The summed E-state index contributed by atoms with van der Waals surface area (Å²) in [4.78, 5) is 11.9. The van der Waals surface area contributed by atoms with Gasteiger partial charge in [-0.15, -0.1) is 0 Å². The van der Waals surface area contributed by atoms with E-state index in [1.807, 2.05) is 20.8 Å². The molecule has 0 aromatic carbocycles. The van der Waals surface area contributed by atoms with Gasteiger partial charge in [-0.3, -0.25) is 0 Å². The Morgan fingerprint density at radius 3 is 1.88 bits per heavy atom. The highest BCUT2D eigenvalue weighted by Gasteiger charge is 2.21. The lowest BCUT2D eigenvalue weighted by Gasteiger charge is -2.29. The first-order valence-electron chi connectivity index (χ1n) is 10.4. The van der Waals surface area contributed by atoms with Crippen molar-refractivity contribution in [2.24, 2.45) is 5.92 Å². The monoisotopic (exact) mass is 356 g/mol. The largest absolute Gasteiger partial charge is 0.444 e. The minimum absolute atomic E-state index is 0.278. The molecular formula is C21H44N2O2. The van der Waals surface area contributed by atoms with Gasteiger partial charge in [0.1, 0.15) is 5.60 Å². The van der Waals surface area contributed by atoms with E-state index < -0.39 is 5.60 Å². The molecule has 0 aliphatic rings. The molecule has 0 aromatic rings. The van der Waals surface area contributed by atoms with Gasteiger partial charge in [-0.2, -0.15) is 0 Å². The maximum atomic E-state index is 11.9. The van der Waals surface area contributed by atoms with Crippen molar-refractivity contribution in [3.8, 4) is 0 Å². The van der Waals surface area contributed by atoms with Crippen LogP contribution in [-0.4, -0.2) is 30.3 Å². The lowest BCUT2D eigenvalue weighted by molar-refractivity contribution is 0.0518. The molecule has 0 heterocycles. The first kappa shape index (κ1) is 24.2. The van der Waals surface area contributed by atoms with Crippen LogP contribution in [0.4, 0.5) is 4.79 Å². The zero-order valence-electron chi connectivity index (χ0n) is 17.9. The van der Waals surface area contributed by atoms with Crippen molar-refractivity contribution in [1.82, 2.24) is 10.6 Å². The van der Waals surface area contributed by atoms with E-state index in [0.29, 0.717) is 18.5 Å². The van der Waals surface area contributed by atoms with Crippen molar-refractivity contribution in [1.29, 1.82) is 0 Å². The molecule has 1 amide bonds. The smallest absolute Gasteiger partial charge is 0.407 e. The van der Waals surface area contributed by atoms with Crippen LogP contribution in [0.25, 0.3) is 0 Å². The number of carbonyl (C=O) groups excluding carboxylic acids is 1. The van der Waals surface area contributed by atoms with Gasteiger partial charge in [0.2, 0.25) is 0 Å². The molecule has 150 valence electrons. The van der Waals surface area contributed by atoms with Crippen molar-refractivity contribution in [2.75, 3.05) is 6.54 Å². The highest BCUT2D eigenvalue weighted by molar-refractivity contribution is 5.67. The molecule has 4 heteroatoms. The fraction of sp³-hybridized carbons (Fsp3) is 0.952. The first-order chi connectivity index (χ1) is 11.7. The fourth-order valence-corrected chi connectivity index (χ4v) is 2.89. The molecule has 4 nitrogen and oxygen atoms in total. The second-order valence-electron chi connectivity index (χ2n) is 8.59. The van der Waals surface area contributed by atoms with E-state index in [-0.39, 0.29) is 12.1 Å². The van der Waals surface area contributed by atoms with Crippen molar-refractivity contribution < 1.29 is 9.53 Å². The zero-order valence-corrected chi connectivity index (χ0v) is 17.9. The quantitative estimate of drug-likeness (QED) is 0.419. The van der Waals surface area contributed by atoms with E-state index in [2.05, 4.69) is 38.3 Å². The van der Waals surface area contributed by atoms with E-state index in [4.69, 9.17) is 4.74 Å². The third kappa shape index (κ3) is 14.1. The standard InChI is InChI=1S/C21H44N2O2/c1-8-10-12-14-18(15-13-11-9-2)23-19(17(3)4)16-22-20(24)25-21(5,6)7/h17-19,23H,8-16H2,1-7H3,(H,22,24). The van der Waals surface area contributed by atoms with Crippen LogP contribution in [0.5, 0.6) is 0 Å². The fourth-order valence-electron chi connectivity index (χ4n) is 2.89. The van der Waals surface area contributed by atoms with Gasteiger partial charge in [-0.25, -0.2) is 4.79 Å². The minimum atomic E-state index is -0.451. The number of nitrogens with one attached hydrogen (secondary N) is 2. The van der Waals surface area contributed by atoms with Crippen LogP contribution in [0.3, 0.4) is 0 Å². The van der Waals surface area contributed by atoms with Gasteiger partial charge in [0, 0.05) is 18.6 Å². The number of rotatable bonds is 13. The third-order valence-corrected chi connectivity index (χ3v) is 4.43. The number of hydrogen-bond acceptors (Lipinski definition) is 3. The summed E-state index contributed by atoms with van der Waals surface area (Å²) in [6, 6.07) is 0.826. The van der Waals surface area contributed by atoms with Gasteiger partial charge in [0.25, 0.3) is 0 Å². The molecule has 0 spiro atoms. The predicted octanol–water partition coefficient (Wildman–Crippen LogP) is 5.65. The Morgan fingerprint density at radius 2 is 1.48 bits per heavy atom. The SMILES string of the molecule is CCCCCC(CCCCC)NC(CNC(=O)OC(C)(C)C)C(C)C. The number of carbonyl (C=O) groups is 1. The summed E-state index contributed by atoms with van der Waals surface area (Å²) in [6.07, 6.45) is 9.82. The molecule has 0 saturated heterocycles. The van der Waals surface area contributed by atoms with Crippen molar-refractivity contribution in [2.45, 2.75) is 118 Å². The van der Waals surface area contributed by atoms with E-state index in [1.54, 1.807) is 0 Å². The summed E-state index contributed by atoms with van der Waals surface area (Å²) in [6.45, 7) is 15.2. The second-order valence-corrected chi connectivity index (χ2v) is 8.59. The van der Waals surface area contributed by atoms with E-state index >= 15 is 0 Å². The number of hydrogen-bond donors (Lipinski definition) is 2. The molecule has 0 saturated carbocycles. The maximum absolute atomic E-state index is 11.9. The average molecular weight is 357 g/mol. The molecule has 0 aliphatic carbocycles. The van der Waals surface area contributed by atoms with E-state index in [1.165, 1.54) is 51.4 Å². The van der Waals surface area contributed by atoms with Crippen molar-refractivity contribution >= 4 is 6.09 Å². The molecule has 0 rings (SSSR count). The van der Waals surface area contributed by atoms with Gasteiger partial charge < -0.3 is 15.4 Å². The molecule has 1 atom stereocenters. The summed E-state index contributed by atoms with van der Waals surface area (Å²) in [5.74, 6) is 0.467. The Morgan fingerprint density at radius 1 is 0.960 bits per heavy atom. The van der Waals surface area contributed by atoms with E-state index in [9.17, 15) is 4.79 Å². The summed E-state index contributed by atoms with van der Waals surface area (Å²) in [5.41, 5.74) is -0.451. The van der Waals surface area contributed by atoms with Gasteiger partial charge >= 0.3 is 6.09 Å². The van der Waals surface area contributed by atoms with Gasteiger partial charge in [0.15, 0.2) is 0 Å². The van der Waals surface area contributed by atoms with Crippen molar-refractivity contribution in [3.05, 3.63) is 0 Å². The molecule has 0 aliphatic heterocycles. The first-order valence-corrected chi connectivity index (χ1v) is 10.4. The zero-order chi connectivity index (χ0) is 19.3. The Labute approximate surface area is 156 Å². The van der Waals surface area contributed by atoms with Gasteiger partial charge in [0.05, 0.1) is 0 Å². The maximum Gasteiger partial charge on any atom is 0.407 e. The summed E-state index contributed by atoms with van der Waals surface area (Å²) < 4.78 is 5.35. The lowest BCUT2D eigenvalue weighted by Crippen LogP contribution is -2.49. The van der Waals surface area contributed by atoms with Crippen LogP contribution in [0, 0.1) is 5.92 Å². The highest BCUT2D eigenvalue weighted by Crippen LogP contribution is 2.14. The molecule has 0 bridgehead atoms. The van der Waals surface area contributed by atoms with E-state index in [0.717, 1.165) is 0 Å². The molecular weight excluding hydrogens is 312 g/mol. The molecule has 0 fully saturated rings. The molecule has 0 radical (unpaired) electrons. The molecule has 0 aromatic heterocycles. The van der Waals surface area contributed by atoms with Crippen LogP contribution in [0.2, 0.25) is 0 Å². The summed E-state index contributed by atoms with van der Waals surface area (Å²) >= 11 is 0. The van der Waals surface area contributed by atoms with Gasteiger partial charge in [-0.1, -0.05) is 66.2 Å². The second kappa shape index (κ2) is 13.4. The summed E-state index contributed by atoms with van der Waals surface area (Å²) in [7, 11) is 0. The topological polar surface area (TPSA) is 50.4 Å². The molecule has 2 N–H and O–H groups in total. The normalized spacial score (nSPS) is 13.3. The van der Waals surface area contributed by atoms with Crippen LogP contribution in [0.1, 0.15) is 99.8 Å². The third-order valence-electron chi connectivity index (χ3n) is 4.43. The van der Waals surface area contributed by atoms with Crippen LogP contribution < -0.4 is 10.6 Å². The Balaban J connectivity index is 4.53. The Kier molecular flexibility index (Phi) is 13.0.